The average molecular weight is 207 g/mol. The Kier molecular flexibility index (Phi) is 1.93. The van der Waals surface area contributed by atoms with E-state index in [9.17, 15) is 0 Å². The largest absolute Gasteiger partial charge is 0.248 e. The fraction of sp³-hybridized carbons (Fsp3) is 0.133. The van der Waals surface area contributed by atoms with E-state index in [1.54, 1.807) is 0 Å². The van der Waals surface area contributed by atoms with Crippen LogP contribution in [-0.4, -0.2) is 4.98 Å². The fourth-order valence-corrected chi connectivity index (χ4v) is 2.09. The summed E-state index contributed by atoms with van der Waals surface area (Å²) in [5.74, 6) is 0. The Morgan fingerprint density at radius 3 is 2.56 bits per heavy atom. The molecule has 0 saturated carbocycles. The van der Waals surface area contributed by atoms with Crippen molar-refractivity contribution in [3.05, 3.63) is 53.6 Å². The first kappa shape index (κ1) is 9.34. The molecule has 1 aromatic heterocycles. The SMILES string of the molecule is Cc1ccc2cc3ccccc3nc2c1C. The molecular weight excluding hydrogens is 194 g/mol. The summed E-state index contributed by atoms with van der Waals surface area (Å²) < 4.78 is 0. The molecule has 0 unspecified atom stereocenters. The Morgan fingerprint density at radius 1 is 0.875 bits per heavy atom. The van der Waals surface area contributed by atoms with Gasteiger partial charge < -0.3 is 0 Å². The topological polar surface area (TPSA) is 12.9 Å². The molecule has 0 bridgehead atoms. The van der Waals surface area contributed by atoms with Gasteiger partial charge in [0.25, 0.3) is 0 Å². The summed E-state index contributed by atoms with van der Waals surface area (Å²) in [6.07, 6.45) is 0. The summed E-state index contributed by atoms with van der Waals surface area (Å²) in [6.45, 7) is 4.27. The Hall–Kier alpha value is -1.89. The molecule has 0 aliphatic carbocycles. The van der Waals surface area contributed by atoms with Crippen molar-refractivity contribution in [1.29, 1.82) is 0 Å². The maximum atomic E-state index is 4.74. The summed E-state index contributed by atoms with van der Waals surface area (Å²) >= 11 is 0. The maximum Gasteiger partial charge on any atom is 0.0741 e. The second kappa shape index (κ2) is 3.31. The quantitative estimate of drug-likeness (QED) is 0.508. The highest BCUT2D eigenvalue weighted by molar-refractivity contribution is 5.94. The van der Waals surface area contributed by atoms with Crippen molar-refractivity contribution in [2.24, 2.45) is 0 Å². The van der Waals surface area contributed by atoms with Gasteiger partial charge in [0.05, 0.1) is 11.0 Å². The van der Waals surface area contributed by atoms with Gasteiger partial charge >= 0.3 is 0 Å². The van der Waals surface area contributed by atoms with E-state index in [0.29, 0.717) is 0 Å². The van der Waals surface area contributed by atoms with Crippen LogP contribution in [-0.2, 0) is 0 Å². The lowest BCUT2D eigenvalue weighted by molar-refractivity contribution is 1.34. The molecule has 1 heteroatoms. The van der Waals surface area contributed by atoms with E-state index in [1.807, 2.05) is 6.07 Å². The van der Waals surface area contributed by atoms with Gasteiger partial charge in [-0.3, -0.25) is 0 Å². The number of aryl methyl sites for hydroxylation is 2. The molecule has 78 valence electrons. The normalized spacial score (nSPS) is 11.1. The number of hydrogen-bond acceptors (Lipinski definition) is 1. The molecule has 3 aromatic rings. The molecule has 0 atom stereocenters. The lowest BCUT2D eigenvalue weighted by atomic mass is 10.0. The Balaban J connectivity index is 2.51. The van der Waals surface area contributed by atoms with Crippen LogP contribution in [0.5, 0.6) is 0 Å². The Labute approximate surface area is 94.7 Å². The van der Waals surface area contributed by atoms with Crippen molar-refractivity contribution in [1.82, 2.24) is 4.98 Å². The van der Waals surface area contributed by atoms with Gasteiger partial charge in [-0.15, -0.1) is 0 Å². The lowest BCUT2D eigenvalue weighted by Gasteiger charge is -2.06. The summed E-state index contributed by atoms with van der Waals surface area (Å²) in [5, 5.41) is 2.43. The Bertz CT molecular complexity index is 683. The van der Waals surface area contributed by atoms with Crippen molar-refractivity contribution in [3.8, 4) is 0 Å². The van der Waals surface area contributed by atoms with E-state index in [1.165, 1.54) is 21.9 Å². The summed E-state index contributed by atoms with van der Waals surface area (Å²) in [7, 11) is 0. The first-order valence-corrected chi connectivity index (χ1v) is 5.51. The fourth-order valence-electron chi connectivity index (χ4n) is 2.09. The first-order valence-electron chi connectivity index (χ1n) is 5.51. The molecule has 16 heavy (non-hydrogen) atoms. The number of fused-ring (bicyclic) bond motifs is 2. The van der Waals surface area contributed by atoms with E-state index >= 15 is 0 Å². The molecule has 0 spiro atoms. The van der Waals surface area contributed by atoms with Crippen molar-refractivity contribution in [2.45, 2.75) is 13.8 Å². The van der Waals surface area contributed by atoms with Crippen LogP contribution in [0.1, 0.15) is 11.1 Å². The number of aromatic nitrogens is 1. The van der Waals surface area contributed by atoms with Gasteiger partial charge in [-0.25, -0.2) is 4.98 Å². The van der Waals surface area contributed by atoms with Gasteiger partial charge in [0, 0.05) is 10.8 Å². The highest BCUT2D eigenvalue weighted by Crippen LogP contribution is 2.23. The summed E-state index contributed by atoms with van der Waals surface area (Å²) in [6, 6.07) is 14.8. The third kappa shape index (κ3) is 1.28. The van der Waals surface area contributed by atoms with Gasteiger partial charge in [0.2, 0.25) is 0 Å². The lowest BCUT2D eigenvalue weighted by Crippen LogP contribution is -1.88. The third-order valence-electron chi connectivity index (χ3n) is 3.21. The second-order valence-corrected chi connectivity index (χ2v) is 4.26. The number of pyridine rings is 1. The standard InChI is InChI=1S/C15H13N/c1-10-7-8-13-9-12-5-3-4-6-14(12)16-15(13)11(10)2/h3-9H,1-2H3. The molecule has 0 N–H and O–H groups in total. The Morgan fingerprint density at radius 2 is 1.69 bits per heavy atom. The van der Waals surface area contributed by atoms with Crippen molar-refractivity contribution < 1.29 is 0 Å². The minimum Gasteiger partial charge on any atom is -0.248 e. The molecule has 1 nitrogen and oxygen atoms in total. The van der Waals surface area contributed by atoms with Crippen LogP contribution in [0.15, 0.2) is 42.5 Å². The van der Waals surface area contributed by atoms with Crippen molar-refractivity contribution in [2.75, 3.05) is 0 Å². The number of para-hydroxylation sites is 1. The minimum absolute atomic E-state index is 1.07. The monoisotopic (exact) mass is 207 g/mol. The highest BCUT2D eigenvalue weighted by atomic mass is 14.7. The molecule has 0 aliphatic rings. The van der Waals surface area contributed by atoms with Gasteiger partial charge in [0.1, 0.15) is 0 Å². The van der Waals surface area contributed by atoms with Crippen LogP contribution < -0.4 is 0 Å². The van der Waals surface area contributed by atoms with Crippen LogP contribution >= 0.6 is 0 Å². The number of hydrogen-bond donors (Lipinski definition) is 0. The summed E-state index contributed by atoms with van der Waals surface area (Å²) in [4.78, 5) is 4.74. The van der Waals surface area contributed by atoms with Gasteiger partial charge in [0.15, 0.2) is 0 Å². The molecule has 0 amide bonds. The van der Waals surface area contributed by atoms with E-state index in [0.717, 1.165) is 11.0 Å². The van der Waals surface area contributed by atoms with Crippen LogP contribution in [0.4, 0.5) is 0 Å². The molecular formula is C15H13N. The smallest absolute Gasteiger partial charge is 0.0741 e. The average Bonchev–Trinajstić information content (AvgIpc) is 2.32. The van der Waals surface area contributed by atoms with E-state index in [2.05, 4.69) is 50.2 Å². The molecule has 0 fully saturated rings. The van der Waals surface area contributed by atoms with E-state index < -0.39 is 0 Å². The zero-order chi connectivity index (χ0) is 11.1. The first-order chi connectivity index (χ1) is 7.75. The molecule has 3 rings (SSSR count). The van der Waals surface area contributed by atoms with Crippen LogP contribution in [0.25, 0.3) is 21.8 Å². The van der Waals surface area contributed by atoms with Crippen molar-refractivity contribution in [3.63, 3.8) is 0 Å². The van der Waals surface area contributed by atoms with Crippen LogP contribution in [0, 0.1) is 13.8 Å². The molecule has 0 saturated heterocycles. The summed E-state index contributed by atoms with van der Waals surface area (Å²) in [5.41, 5.74) is 4.78. The van der Waals surface area contributed by atoms with E-state index in [-0.39, 0.29) is 0 Å². The number of rotatable bonds is 0. The molecule has 1 heterocycles. The zero-order valence-electron chi connectivity index (χ0n) is 9.49. The molecule has 0 radical (unpaired) electrons. The number of benzene rings is 2. The van der Waals surface area contributed by atoms with Gasteiger partial charge in [-0.2, -0.15) is 0 Å². The minimum atomic E-state index is 1.07. The molecule has 0 aliphatic heterocycles. The van der Waals surface area contributed by atoms with Crippen LogP contribution in [0.3, 0.4) is 0 Å². The van der Waals surface area contributed by atoms with Crippen LogP contribution in [0.2, 0.25) is 0 Å². The van der Waals surface area contributed by atoms with Crippen molar-refractivity contribution >= 4 is 21.8 Å². The predicted molar refractivity (Wildman–Crippen MR) is 68.7 cm³/mol. The maximum absolute atomic E-state index is 4.74. The van der Waals surface area contributed by atoms with E-state index in [4.69, 9.17) is 4.98 Å². The highest BCUT2D eigenvalue weighted by Gasteiger charge is 2.03. The second-order valence-electron chi connectivity index (χ2n) is 4.26. The van der Waals surface area contributed by atoms with Gasteiger partial charge in [-0.05, 0) is 37.1 Å². The predicted octanol–water partition coefficient (Wildman–Crippen LogP) is 4.00. The van der Waals surface area contributed by atoms with Gasteiger partial charge in [-0.1, -0.05) is 30.3 Å². The zero-order valence-corrected chi connectivity index (χ0v) is 9.49. The number of nitrogens with zero attached hydrogens (tertiary/aromatic N) is 1. The molecule has 2 aromatic carbocycles. The third-order valence-corrected chi connectivity index (χ3v) is 3.21.